The first-order valence-corrected chi connectivity index (χ1v) is 8.38. The number of carbonyl (C=O) groups is 1. The number of methoxy groups -OCH3 is 1. The summed E-state index contributed by atoms with van der Waals surface area (Å²) in [5.74, 6) is 0.605. The monoisotopic (exact) mass is 342 g/mol. The second-order valence-corrected chi connectivity index (χ2v) is 6.76. The fourth-order valence-electron chi connectivity index (χ4n) is 2.54. The zero-order valence-electron chi connectivity index (χ0n) is 13.2. The molecule has 0 radical (unpaired) electrons. The van der Waals surface area contributed by atoms with E-state index in [9.17, 15) is 4.79 Å². The fourth-order valence-corrected chi connectivity index (χ4v) is 3.73. The van der Waals surface area contributed by atoms with E-state index in [-0.39, 0.29) is 17.1 Å². The minimum atomic E-state index is -0.360. The van der Waals surface area contributed by atoms with Crippen LogP contribution in [0.2, 0.25) is 0 Å². The molecule has 1 heterocycles. The van der Waals surface area contributed by atoms with Crippen molar-refractivity contribution in [1.29, 1.82) is 5.41 Å². The van der Waals surface area contributed by atoms with Gasteiger partial charge in [0.1, 0.15) is 18.2 Å². The zero-order valence-corrected chi connectivity index (χ0v) is 14.1. The van der Waals surface area contributed by atoms with Crippen molar-refractivity contribution in [2.75, 3.05) is 7.11 Å². The maximum atomic E-state index is 11.6. The van der Waals surface area contributed by atoms with E-state index in [1.165, 1.54) is 12.7 Å². The Morgan fingerprint density at radius 1 is 1.33 bits per heavy atom. The summed E-state index contributed by atoms with van der Waals surface area (Å²) in [4.78, 5) is 12.7. The van der Waals surface area contributed by atoms with Crippen LogP contribution < -0.4 is 10.5 Å². The predicted octanol–water partition coefficient (Wildman–Crippen LogP) is 3.00. The Labute approximate surface area is 144 Å². The van der Waals surface area contributed by atoms with Gasteiger partial charge in [0.15, 0.2) is 0 Å². The van der Waals surface area contributed by atoms with Crippen LogP contribution in [0.25, 0.3) is 0 Å². The third-order valence-corrected chi connectivity index (χ3v) is 5.15. The average Bonchev–Trinajstić information content (AvgIpc) is 3.03. The molecule has 1 unspecified atom stereocenters. The summed E-state index contributed by atoms with van der Waals surface area (Å²) in [5.41, 5.74) is 8.19. The van der Waals surface area contributed by atoms with Gasteiger partial charge < -0.3 is 15.2 Å². The van der Waals surface area contributed by atoms with Gasteiger partial charge in [0.05, 0.1) is 17.9 Å². The van der Waals surface area contributed by atoms with Crippen LogP contribution in [0.3, 0.4) is 0 Å². The lowest BCUT2D eigenvalue weighted by Gasteiger charge is -2.09. The van der Waals surface area contributed by atoms with Crippen LogP contribution in [-0.2, 0) is 17.8 Å². The molecule has 2 aromatic rings. The molecule has 1 atom stereocenters. The molecule has 0 saturated carbocycles. The molecule has 1 aliphatic rings. The van der Waals surface area contributed by atoms with Crippen LogP contribution in [0.4, 0.5) is 0 Å². The third kappa shape index (κ3) is 3.54. The van der Waals surface area contributed by atoms with Crippen molar-refractivity contribution in [3.05, 3.63) is 59.2 Å². The number of nitrogens with two attached hydrogens (primary N) is 1. The van der Waals surface area contributed by atoms with E-state index in [0.717, 1.165) is 22.6 Å². The summed E-state index contributed by atoms with van der Waals surface area (Å²) in [5, 5.41) is 7.59. The maximum Gasteiger partial charge on any atom is 0.337 e. The van der Waals surface area contributed by atoms with E-state index in [4.69, 9.17) is 20.6 Å². The predicted molar refractivity (Wildman–Crippen MR) is 93.8 cm³/mol. The molecule has 0 spiro atoms. The number of fused-ring (bicyclic) bond motifs is 1. The van der Waals surface area contributed by atoms with Crippen LogP contribution in [0, 0.1) is 5.41 Å². The molecule has 2 aromatic carbocycles. The molecular weight excluding hydrogens is 324 g/mol. The van der Waals surface area contributed by atoms with E-state index in [1.54, 1.807) is 30.0 Å². The standard InChI is InChI=1S/C18H18N2O3S/c1-22-18(21)13-4-2-3-11(7-13)10-23-14-6-5-12-8-16(17(19)20)24-15(12)9-14/h2-7,9,16H,8,10H2,1H3,(H3,19,20). The molecular formula is C18H18N2O3S. The SMILES string of the molecule is COC(=O)c1cccc(COc2ccc3c(c2)SC(C(=N)N)C3)c1. The lowest BCUT2D eigenvalue weighted by Crippen LogP contribution is -2.24. The second kappa shape index (κ2) is 6.97. The van der Waals surface area contributed by atoms with Gasteiger partial charge in [-0.3, -0.25) is 5.41 Å². The number of nitrogens with one attached hydrogen (secondary N) is 1. The summed E-state index contributed by atoms with van der Waals surface area (Å²) in [6, 6.07) is 13.1. The minimum absolute atomic E-state index is 0.0204. The number of carbonyl (C=O) groups excluding carboxylic acids is 1. The van der Waals surface area contributed by atoms with Gasteiger partial charge in [-0.15, -0.1) is 11.8 Å². The van der Waals surface area contributed by atoms with Gasteiger partial charge in [0.25, 0.3) is 0 Å². The zero-order chi connectivity index (χ0) is 17.1. The summed E-state index contributed by atoms with van der Waals surface area (Å²) in [7, 11) is 1.36. The van der Waals surface area contributed by atoms with Gasteiger partial charge in [-0.05, 0) is 41.8 Å². The highest BCUT2D eigenvalue weighted by Gasteiger charge is 2.24. The lowest BCUT2D eigenvalue weighted by atomic mass is 10.1. The summed E-state index contributed by atoms with van der Waals surface area (Å²) in [6.45, 7) is 0.366. The first kappa shape index (κ1) is 16.4. The molecule has 0 aliphatic carbocycles. The number of thioether (sulfide) groups is 1. The quantitative estimate of drug-likeness (QED) is 0.496. The Morgan fingerprint density at radius 3 is 2.92 bits per heavy atom. The Morgan fingerprint density at radius 2 is 2.17 bits per heavy atom. The van der Waals surface area contributed by atoms with Crippen molar-refractivity contribution < 1.29 is 14.3 Å². The molecule has 124 valence electrons. The Balaban J connectivity index is 1.67. The molecule has 1 aliphatic heterocycles. The highest BCUT2D eigenvalue weighted by molar-refractivity contribution is 8.01. The van der Waals surface area contributed by atoms with Crippen LogP contribution in [0.1, 0.15) is 21.5 Å². The van der Waals surface area contributed by atoms with Crippen molar-refractivity contribution in [1.82, 2.24) is 0 Å². The van der Waals surface area contributed by atoms with Gasteiger partial charge in [-0.2, -0.15) is 0 Å². The fraction of sp³-hybridized carbons (Fsp3) is 0.222. The van der Waals surface area contributed by atoms with Gasteiger partial charge in [-0.1, -0.05) is 18.2 Å². The molecule has 0 aromatic heterocycles. The third-order valence-electron chi connectivity index (χ3n) is 3.81. The maximum absolute atomic E-state index is 11.6. The number of hydrogen-bond acceptors (Lipinski definition) is 5. The van der Waals surface area contributed by atoms with E-state index in [2.05, 4.69) is 0 Å². The largest absolute Gasteiger partial charge is 0.489 e. The number of rotatable bonds is 5. The summed E-state index contributed by atoms with van der Waals surface area (Å²) in [6.07, 6.45) is 0.788. The molecule has 3 N–H and O–H groups in total. The molecule has 3 rings (SSSR count). The van der Waals surface area contributed by atoms with Gasteiger partial charge >= 0.3 is 5.97 Å². The van der Waals surface area contributed by atoms with E-state index >= 15 is 0 Å². The Kier molecular flexibility index (Phi) is 4.76. The Bertz CT molecular complexity index is 792. The number of hydrogen-bond donors (Lipinski definition) is 2. The van der Waals surface area contributed by atoms with Crippen molar-refractivity contribution in [3.63, 3.8) is 0 Å². The molecule has 0 saturated heterocycles. The number of esters is 1. The van der Waals surface area contributed by atoms with Crippen LogP contribution in [0.5, 0.6) is 5.75 Å². The number of amidine groups is 1. The van der Waals surface area contributed by atoms with Gasteiger partial charge in [-0.25, -0.2) is 4.79 Å². The van der Waals surface area contributed by atoms with Crippen LogP contribution >= 0.6 is 11.8 Å². The van der Waals surface area contributed by atoms with Crippen molar-refractivity contribution in [2.24, 2.45) is 5.73 Å². The highest BCUT2D eigenvalue weighted by Crippen LogP contribution is 2.39. The van der Waals surface area contributed by atoms with Crippen molar-refractivity contribution in [2.45, 2.75) is 23.2 Å². The minimum Gasteiger partial charge on any atom is -0.489 e. The lowest BCUT2D eigenvalue weighted by molar-refractivity contribution is 0.0600. The van der Waals surface area contributed by atoms with E-state index in [0.29, 0.717) is 12.2 Å². The van der Waals surface area contributed by atoms with Gasteiger partial charge in [0, 0.05) is 4.90 Å². The molecule has 0 fully saturated rings. The molecule has 5 nitrogen and oxygen atoms in total. The van der Waals surface area contributed by atoms with Crippen molar-refractivity contribution >= 4 is 23.6 Å². The number of benzene rings is 2. The van der Waals surface area contributed by atoms with Crippen molar-refractivity contribution in [3.8, 4) is 5.75 Å². The molecule has 6 heteroatoms. The normalized spacial score (nSPS) is 15.6. The van der Waals surface area contributed by atoms with Gasteiger partial charge in [0.2, 0.25) is 0 Å². The van der Waals surface area contributed by atoms with Crippen LogP contribution in [0.15, 0.2) is 47.4 Å². The topological polar surface area (TPSA) is 85.4 Å². The van der Waals surface area contributed by atoms with E-state index in [1.807, 2.05) is 24.3 Å². The summed E-state index contributed by atoms with van der Waals surface area (Å²) >= 11 is 1.60. The molecule has 24 heavy (non-hydrogen) atoms. The van der Waals surface area contributed by atoms with E-state index < -0.39 is 0 Å². The first-order valence-electron chi connectivity index (χ1n) is 7.50. The first-order chi connectivity index (χ1) is 11.6. The molecule has 0 bridgehead atoms. The van der Waals surface area contributed by atoms with Crippen LogP contribution in [-0.4, -0.2) is 24.2 Å². The molecule has 0 amide bonds. The Hall–Kier alpha value is -2.47. The average molecular weight is 342 g/mol. The summed E-state index contributed by atoms with van der Waals surface area (Å²) < 4.78 is 10.6. The second-order valence-electron chi connectivity index (χ2n) is 5.52. The highest BCUT2D eigenvalue weighted by atomic mass is 32.2. The smallest absolute Gasteiger partial charge is 0.337 e. The number of ether oxygens (including phenoxy) is 2.